The van der Waals surface area contributed by atoms with Gasteiger partial charge in [0.1, 0.15) is 0 Å². The molecule has 0 aliphatic carbocycles. The summed E-state index contributed by atoms with van der Waals surface area (Å²) in [5.41, 5.74) is 3.47. The summed E-state index contributed by atoms with van der Waals surface area (Å²) in [5, 5.41) is 7.14. The summed E-state index contributed by atoms with van der Waals surface area (Å²) >= 11 is 5.58. The van der Waals surface area contributed by atoms with Gasteiger partial charge in [-0.25, -0.2) is 0 Å². The van der Waals surface area contributed by atoms with Crippen molar-refractivity contribution < 1.29 is 4.79 Å². The molecule has 0 saturated carbocycles. The highest BCUT2D eigenvalue weighted by Gasteiger charge is 2.36. The van der Waals surface area contributed by atoms with E-state index in [-0.39, 0.29) is 11.9 Å². The first-order valence-corrected chi connectivity index (χ1v) is 12.5. The highest BCUT2D eigenvalue weighted by Crippen LogP contribution is 2.36. The number of thiocarbonyl (C=S) groups is 1. The normalized spacial score (nSPS) is 11.9. The lowest BCUT2D eigenvalue weighted by Crippen LogP contribution is -2.52. The van der Waals surface area contributed by atoms with Crippen molar-refractivity contribution in [2.45, 2.75) is 18.5 Å². The smallest absolute Gasteiger partial charge is 0.257 e. The number of hydrogen-bond acceptors (Lipinski definition) is 3. The molecule has 0 saturated heterocycles. The van der Waals surface area contributed by atoms with Gasteiger partial charge in [0.25, 0.3) is 5.91 Å². The van der Waals surface area contributed by atoms with E-state index in [0.29, 0.717) is 17.2 Å². The Bertz CT molecular complexity index is 1170. The lowest BCUT2D eigenvalue weighted by atomic mass is 9.77. The fourth-order valence-corrected chi connectivity index (χ4v) is 4.63. The third kappa shape index (κ3) is 5.54. The second-order valence-corrected chi connectivity index (χ2v) is 9.20. The molecule has 0 bridgehead atoms. The van der Waals surface area contributed by atoms with Gasteiger partial charge in [0.2, 0.25) is 0 Å². The maximum atomic E-state index is 12.6. The van der Waals surface area contributed by atoms with E-state index in [4.69, 9.17) is 12.2 Å². The van der Waals surface area contributed by atoms with Crippen LogP contribution in [0.3, 0.4) is 0 Å². The second-order valence-electron chi connectivity index (χ2n) is 8.81. The van der Waals surface area contributed by atoms with Crippen LogP contribution in [0.4, 0.5) is 0 Å². The Kier molecular flexibility index (Phi) is 8.26. The molecule has 1 amide bonds. The maximum Gasteiger partial charge on any atom is 0.257 e. The first kappa shape index (κ1) is 25.3. The van der Waals surface area contributed by atoms with Crippen molar-refractivity contribution in [1.29, 1.82) is 0 Å². The molecule has 182 valence electrons. The Morgan fingerprint density at radius 2 is 1.14 bits per heavy atom. The fraction of sp³-hybridized carbons (Fsp3) is 0.161. The predicted octanol–water partition coefficient (Wildman–Crippen LogP) is 5.60. The van der Waals surface area contributed by atoms with E-state index >= 15 is 0 Å². The average Bonchev–Trinajstić information content (AvgIpc) is 2.95. The number of benzene rings is 4. The van der Waals surface area contributed by atoms with Gasteiger partial charge in [0, 0.05) is 25.2 Å². The van der Waals surface area contributed by atoms with Crippen LogP contribution in [0, 0.1) is 0 Å². The predicted molar refractivity (Wildman–Crippen MR) is 151 cm³/mol. The van der Waals surface area contributed by atoms with Gasteiger partial charge in [-0.05, 0) is 48.0 Å². The minimum atomic E-state index is -0.562. The van der Waals surface area contributed by atoms with Crippen LogP contribution in [0.5, 0.6) is 0 Å². The lowest BCUT2D eigenvalue weighted by molar-refractivity contribution is 0.0973. The van der Waals surface area contributed by atoms with Crippen LogP contribution in [0.25, 0.3) is 0 Å². The standard InChI is InChI=1S/C31H31N3OS/c1-24(34(2)30(36)33-29(35)25-15-7-3-8-16-25)23-32-31(26-17-9-4-10-18-26,27-19-11-5-12-20-27)28-21-13-6-14-22-28/h3-22,24,32H,23H2,1-2H3,(H,33,35,36). The molecule has 36 heavy (non-hydrogen) atoms. The lowest BCUT2D eigenvalue weighted by Gasteiger charge is -2.39. The van der Waals surface area contributed by atoms with Gasteiger partial charge in [-0.15, -0.1) is 0 Å². The molecule has 0 heterocycles. The largest absolute Gasteiger partial charge is 0.348 e. The van der Waals surface area contributed by atoms with Crippen LogP contribution >= 0.6 is 12.2 Å². The first-order valence-electron chi connectivity index (χ1n) is 12.1. The van der Waals surface area contributed by atoms with Crippen molar-refractivity contribution in [3.8, 4) is 0 Å². The van der Waals surface area contributed by atoms with E-state index in [1.54, 1.807) is 12.1 Å². The molecule has 1 atom stereocenters. The van der Waals surface area contributed by atoms with Gasteiger partial charge in [0.05, 0.1) is 5.54 Å². The van der Waals surface area contributed by atoms with E-state index in [2.05, 4.69) is 90.4 Å². The van der Waals surface area contributed by atoms with E-state index in [9.17, 15) is 4.79 Å². The molecule has 0 fully saturated rings. The SMILES string of the molecule is CC(CNC(c1ccccc1)(c1ccccc1)c1ccccc1)N(C)C(=S)NC(=O)c1ccccc1. The van der Waals surface area contributed by atoms with Gasteiger partial charge in [-0.3, -0.25) is 15.4 Å². The maximum absolute atomic E-state index is 12.6. The van der Waals surface area contributed by atoms with E-state index in [1.807, 2.05) is 48.3 Å². The summed E-state index contributed by atoms with van der Waals surface area (Å²) in [7, 11) is 1.91. The molecule has 0 spiro atoms. The summed E-state index contributed by atoms with van der Waals surface area (Å²) in [6.07, 6.45) is 0. The van der Waals surface area contributed by atoms with Crippen molar-refractivity contribution in [2.24, 2.45) is 0 Å². The Hall–Kier alpha value is -3.80. The zero-order chi connectivity index (χ0) is 25.4. The third-order valence-corrected chi connectivity index (χ3v) is 6.91. The number of carbonyl (C=O) groups is 1. The van der Waals surface area contributed by atoms with Crippen molar-refractivity contribution in [3.05, 3.63) is 144 Å². The van der Waals surface area contributed by atoms with Gasteiger partial charge in [-0.2, -0.15) is 0 Å². The van der Waals surface area contributed by atoms with E-state index in [1.165, 1.54) is 0 Å². The molecular formula is C31H31N3OS. The highest BCUT2D eigenvalue weighted by atomic mass is 32.1. The summed E-state index contributed by atoms with van der Waals surface area (Å²) in [4.78, 5) is 14.5. The number of nitrogens with zero attached hydrogens (tertiary/aromatic N) is 1. The molecule has 1 unspecified atom stereocenters. The number of amides is 1. The summed E-state index contributed by atoms with van der Waals surface area (Å²) in [6.45, 7) is 2.72. The van der Waals surface area contributed by atoms with Gasteiger partial charge >= 0.3 is 0 Å². The molecule has 2 N–H and O–H groups in total. The molecular weight excluding hydrogens is 462 g/mol. The van der Waals surface area contributed by atoms with Gasteiger partial charge < -0.3 is 4.90 Å². The number of nitrogens with one attached hydrogen (secondary N) is 2. The van der Waals surface area contributed by atoms with Crippen LogP contribution in [0.15, 0.2) is 121 Å². The molecule has 0 radical (unpaired) electrons. The second kappa shape index (κ2) is 11.8. The number of carbonyl (C=O) groups excluding carboxylic acids is 1. The molecule has 0 aliphatic heterocycles. The Morgan fingerprint density at radius 3 is 1.56 bits per heavy atom. The molecule has 0 aliphatic rings. The fourth-order valence-electron chi connectivity index (χ4n) is 4.36. The Morgan fingerprint density at radius 1 is 0.750 bits per heavy atom. The first-order chi connectivity index (χ1) is 17.5. The number of rotatable bonds is 8. The van der Waals surface area contributed by atoms with Crippen molar-refractivity contribution in [3.63, 3.8) is 0 Å². The molecule has 0 aromatic heterocycles. The molecule has 4 rings (SSSR count). The Balaban J connectivity index is 1.60. The molecule has 4 nitrogen and oxygen atoms in total. The molecule has 4 aromatic rings. The van der Waals surface area contributed by atoms with Gasteiger partial charge in [0.15, 0.2) is 5.11 Å². The number of likely N-dealkylation sites (N-methyl/N-ethyl adjacent to an activating group) is 1. The Labute approximate surface area is 219 Å². The topological polar surface area (TPSA) is 44.4 Å². The van der Waals surface area contributed by atoms with E-state index < -0.39 is 5.54 Å². The number of hydrogen-bond donors (Lipinski definition) is 2. The van der Waals surface area contributed by atoms with Crippen molar-refractivity contribution in [2.75, 3.05) is 13.6 Å². The average molecular weight is 494 g/mol. The summed E-state index contributed by atoms with van der Waals surface area (Å²) < 4.78 is 0. The summed E-state index contributed by atoms with van der Waals surface area (Å²) in [5.74, 6) is -0.209. The minimum absolute atomic E-state index is 0.00378. The van der Waals surface area contributed by atoms with Crippen LogP contribution in [0.1, 0.15) is 34.0 Å². The van der Waals surface area contributed by atoms with Crippen LogP contribution < -0.4 is 10.6 Å². The highest BCUT2D eigenvalue weighted by molar-refractivity contribution is 7.80. The van der Waals surface area contributed by atoms with Gasteiger partial charge in [-0.1, -0.05) is 109 Å². The monoisotopic (exact) mass is 493 g/mol. The van der Waals surface area contributed by atoms with Crippen molar-refractivity contribution in [1.82, 2.24) is 15.5 Å². The van der Waals surface area contributed by atoms with Crippen molar-refractivity contribution >= 4 is 23.2 Å². The third-order valence-electron chi connectivity index (χ3n) is 6.52. The zero-order valence-electron chi connectivity index (χ0n) is 20.6. The summed E-state index contributed by atoms with van der Waals surface area (Å²) in [6, 6.07) is 40.6. The van der Waals surface area contributed by atoms with Crippen LogP contribution in [-0.2, 0) is 5.54 Å². The van der Waals surface area contributed by atoms with E-state index in [0.717, 1.165) is 16.7 Å². The zero-order valence-corrected chi connectivity index (χ0v) is 21.4. The minimum Gasteiger partial charge on any atom is -0.348 e. The van der Waals surface area contributed by atoms with Crippen LogP contribution in [0.2, 0.25) is 0 Å². The quantitative estimate of drug-likeness (QED) is 0.248. The van der Waals surface area contributed by atoms with Crippen LogP contribution in [-0.4, -0.2) is 35.6 Å². The molecule has 4 aromatic carbocycles. The molecule has 5 heteroatoms.